The van der Waals surface area contributed by atoms with E-state index in [-0.39, 0.29) is 6.54 Å². The monoisotopic (exact) mass is 289 g/mol. The van der Waals surface area contributed by atoms with Gasteiger partial charge in [-0.3, -0.25) is 0 Å². The lowest BCUT2D eigenvalue weighted by molar-refractivity contribution is -0.146. The Labute approximate surface area is 123 Å². The van der Waals surface area contributed by atoms with Gasteiger partial charge in [0.25, 0.3) is 0 Å². The van der Waals surface area contributed by atoms with Crippen molar-refractivity contribution in [3.05, 3.63) is 47.3 Å². The summed E-state index contributed by atoms with van der Waals surface area (Å²) < 4.78 is 4.75. The number of benzene rings is 1. The number of carbonyl (C=O) groups is 1. The van der Waals surface area contributed by atoms with Crippen LogP contribution in [0.4, 0.5) is 0 Å². The van der Waals surface area contributed by atoms with E-state index in [1.807, 2.05) is 6.07 Å². The normalized spacial score (nSPS) is 12.4. The van der Waals surface area contributed by atoms with Crippen LogP contribution in [0.15, 0.2) is 36.2 Å². The van der Waals surface area contributed by atoms with Gasteiger partial charge in [-0.2, -0.15) is 5.26 Å². The van der Waals surface area contributed by atoms with Gasteiger partial charge in [0.15, 0.2) is 0 Å². The van der Waals surface area contributed by atoms with E-state index in [9.17, 15) is 4.79 Å². The number of nitrogens with zero attached hydrogens (tertiary/aromatic N) is 2. The molecule has 112 valence electrons. The van der Waals surface area contributed by atoms with Crippen LogP contribution in [0.1, 0.15) is 11.1 Å². The number of hydrogen-bond acceptors (Lipinski definition) is 7. The summed E-state index contributed by atoms with van der Waals surface area (Å²) >= 11 is 0. The standard InChI is InChI=1S/C14H19N5O2/c1-21-14(20)13(19(18)9-12(17)8-16)6-10-2-4-11(7-15)5-3-10/h2-5,9,13H,6,8,16-18H2,1H3/b12-9-/t13-/m0/s1. The average molecular weight is 289 g/mol. The Bertz CT molecular complexity index is 547. The van der Waals surface area contributed by atoms with Crippen LogP contribution in [0.3, 0.4) is 0 Å². The predicted octanol–water partition coefficient (Wildman–Crippen LogP) is -0.423. The summed E-state index contributed by atoms with van der Waals surface area (Å²) in [6, 6.07) is 8.18. The van der Waals surface area contributed by atoms with E-state index in [1.54, 1.807) is 24.3 Å². The smallest absolute Gasteiger partial charge is 0.330 e. The third-order valence-electron chi connectivity index (χ3n) is 2.90. The van der Waals surface area contributed by atoms with Crippen LogP contribution in [0.2, 0.25) is 0 Å². The summed E-state index contributed by atoms with van der Waals surface area (Å²) in [5.74, 6) is 5.36. The highest BCUT2D eigenvalue weighted by Gasteiger charge is 2.23. The SMILES string of the molecule is COC(=O)[C@H](Cc1ccc(C#N)cc1)N(N)/C=C(\N)CN. The minimum absolute atomic E-state index is 0.137. The first-order chi connectivity index (χ1) is 10.0. The molecule has 0 heterocycles. The summed E-state index contributed by atoms with van der Waals surface area (Å²) in [6.45, 7) is 0.137. The van der Waals surface area contributed by atoms with Crippen LogP contribution in [-0.2, 0) is 16.0 Å². The Kier molecular flexibility index (Phi) is 6.20. The molecule has 0 amide bonds. The molecule has 0 aliphatic carbocycles. The van der Waals surface area contributed by atoms with E-state index in [0.717, 1.165) is 5.56 Å². The molecule has 1 rings (SSSR count). The first-order valence-corrected chi connectivity index (χ1v) is 6.28. The third-order valence-corrected chi connectivity index (χ3v) is 2.90. The van der Waals surface area contributed by atoms with Crippen molar-refractivity contribution in [2.75, 3.05) is 13.7 Å². The number of methoxy groups -OCH3 is 1. The van der Waals surface area contributed by atoms with E-state index in [4.69, 9.17) is 27.3 Å². The molecule has 0 aromatic heterocycles. The zero-order chi connectivity index (χ0) is 15.8. The van der Waals surface area contributed by atoms with Crippen molar-refractivity contribution in [1.82, 2.24) is 5.01 Å². The summed E-state index contributed by atoms with van der Waals surface area (Å²) in [5, 5.41) is 9.95. The van der Waals surface area contributed by atoms with Gasteiger partial charge in [0.2, 0.25) is 0 Å². The number of carbonyl (C=O) groups excluding carboxylic acids is 1. The molecule has 1 atom stereocenters. The Morgan fingerprint density at radius 1 is 1.48 bits per heavy atom. The predicted molar refractivity (Wildman–Crippen MR) is 78.0 cm³/mol. The quantitative estimate of drug-likeness (QED) is 0.368. The second-order valence-corrected chi connectivity index (χ2v) is 4.41. The van der Waals surface area contributed by atoms with Crippen molar-refractivity contribution in [2.45, 2.75) is 12.5 Å². The molecule has 0 aliphatic heterocycles. The Hall–Kier alpha value is -2.56. The fourth-order valence-corrected chi connectivity index (χ4v) is 1.72. The summed E-state index contributed by atoms with van der Waals surface area (Å²) in [5.41, 5.74) is 12.7. The zero-order valence-corrected chi connectivity index (χ0v) is 11.8. The molecule has 0 spiro atoms. The van der Waals surface area contributed by atoms with Gasteiger partial charge in [0.1, 0.15) is 6.04 Å². The molecule has 7 nitrogen and oxygen atoms in total. The van der Waals surface area contributed by atoms with E-state index < -0.39 is 12.0 Å². The highest BCUT2D eigenvalue weighted by molar-refractivity contribution is 5.76. The fraction of sp³-hybridized carbons (Fsp3) is 0.286. The van der Waals surface area contributed by atoms with E-state index >= 15 is 0 Å². The molecule has 0 saturated heterocycles. The molecule has 0 bridgehead atoms. The maximum atomic E-state index is 11.9. The molecule has 0 unspecified atom stereocenters. The average Bonchev–Trinajstić information content (AvgIpc) is 2.52. The van der Waals surface area contributed by atoms with Crippen molar-refractivity contribution < 1.29 is 9.53 Å². The number of rotatable bonds is 6. The molecule has 1 aromatic rings. The lowest BCUT2D eigenvalue weighted by Crippen LogP contribution is -2.45. The van der Waals surface area contributed by atoms with Crippen LogP contribution >= 0.6 is 0 Å². The second kappa shape index (κ2) is 7.89. The number of ether oxygens (including phenoxy) is 1. The maximum absolute atomic E-state index is 11.9. The number of nitrogens with two attached hydrogens (primary N) is 3. The molecule has 7 heteroatoms. The Balaban J connectivity index is 2.92. The van der Waals surface area contributed by atoms with Crippen LogP contribution in [0.5, 0.6) is 0 Å². The summed E-state index contributed by atoms with van der Waals surface area (Å²) in [6.07, 6.45) is 1.73. The highest BCUT2D eigenvalue weighted by Crippen LogP contribution is 2.10. The van der Waals surface area contributed by atoms with Gasteiger partial charge in [-0.15, -0.1) is 0 Å². The van der Waals surface area contributed by atoms with Crippen LogP contribution in [-0.4, -0.2) is 30.7 Å². The number of esters is 1. The lowest BCUT2D eigenvalue weighted by atomic mass is 10.0. The molecular weight excluding hydrogens is 270 g/mol. The molecule has 0 saturated carbocycles. The lowest BCUT2D eigenvalue weighted by Gasteiger charge is -2.24. The van der Waals surface area contributed by atoms with E-state index in [2.05, 4.69) is 0 Å². The number of hydrogen-bond donors (Lipinski definition) is 3. The van der Waals surface area contributed by atoms with Gasteiger partial charge in [-0.1, -0.05) is 12.1 Å². The van der Waals surface area contributed by atoms with Crippen molar-refractivity contribution in [1.29, 1.82) is 5.26 Å². The Morgan fingerprint density at radius 2 is 2.10 bits per heavy atom. The first kappa shape index (κ1) is 16.5. The minimum atomic E-state index is -0.729. The van der Waals surface area contributed by atoms with Crippen LogP contribution in [0.25, 0.3) is 0 Å². The number of hydrazine groups is 1. The van der Waals surface area contributed by atoms with Gasteiger partial charge in [0.05, 0.1) is 18.7 Å². The molecule has 1 aromatic carbocycles. The molecular formula is C14H19N5O2. The summed E-state index contributed by atoms with van der Waals surface area (Å²) in [7, 11) is 1.29. The molecule has 0 radical (unpaired) electrons. The van der Waals surface area contributed by atoms with E-state index in [0.29, 0.717) is 17.7 Å². The van der Waals surface area contributed by atoms with Crippen molar-refractivity contribution >= 4 is 5.97 Å². The third kappa shape index (κ3) is 4.80. The molecule has 21 heavy (non-hydrogen) atoms. The van der Waals surface area contributed by atoms with Gasteiger partial charge in [-0.05, 0) is 17.7 Å². The number of nitriles is 1. The molecule has 0 aliphatic rings. The fourth-order valence-electron chi connectivity index (χ4n) is 1.72. The maximum Gasteiger partial charge on any atom is 0.330 e. The van der Waals surface area contributed by atoms with Gasteiger partial charge >= 0.3 is 5.97 Å². The second-order valence-electron chi connectivity index (χ2n) is 4.41. The topological polar surface area (TPSA) is 131 Å². The molecule has 0 fully saturated rings. The summed E-state index contributed by atoms with van der Waals surface area (Å²) in [4.78, 5) is 11.9. The van der Waals surface area contributed by atoms with Crippen molar-refractivity contribution in [2.24, 2.45) is 17.3 Å². The van der Waals surface area contributed by atoms with Crippen LogP contribution in [0, 0.1) is 11.3 Å². The van der Waals surface area contributed by atoms with Gasteiger partial charge in [-0.25, -0.2) is 10.6 Å². The minimum Gasteiger partial charge on any atom is -0.467 e. The molecule has 6 N–H and O–H groups in total. The van der Waals surface area contributed by atoms with Gasteiger partial charge < -0.3 is 21.2 Å². The highest BCUT2D eigenvalue weighted by atomic mass is 16.5. The Morgan fingerprint density at radius 3 is 2.57 bits per heavy atom. The van der Waals surface area contributed by atoms with Gasteiger partial charge in [0, 0.05) is 24.9 Å². The van der Waals surface area contributed by atoms with Crippen molar-refractivity contribution in [3.63, 3.8) is 0 Å². The van der Waals surface area contributed by atoms with E-state index in [1.165, 1.54) is 18.3 Å². The van der Waals surface area contributed by atoms with Crippen molar-refractivity contribution in [3.8, 4) is 6.07 Å². The zero-order valence-electron chi connectivity index (χ0n) is 11.8. The van der Waals surface area contributed by atoms with Crippen LogP contribution < -0.4 is 17.3 Å². The largest absolute Gasteiger partial charge is 0.467 e. The first-order valence-electron chi connectivity index (χ1n) is 6.28.